The van der Waals surface area contributed by atoms with Gasteiger partial charge in [0.2, 0.25) is 15.9 Å². The highest BCUT2D eigenvalue weighted by molar-refractivity contribution is 7.88. The van der Waals surface area contributed by atoms with Crippen molar-refractivity contribution in [3.63, 3.8) is 0 Å². The highest BCUT2D eigenvalue weighted by Crippen LogP contribution is 2.23. The predicted octanol–water partition coefficient (Wildman–Crippen LogP) is 3.09. The molecule has 1 N–H and O–H groups in total. The number of amides is 1. The van der Waals surface area contributed by atoms with Gasteiger partial charge in [0.05, 0.1) is 6.26 Å². The van der Waals surface area contributed by atoms with Crippen molar-refractivity contribution < 1.29 is 13.2 Å². The lowest BCUT2D eigenvalue weighted by Crippen LogP contribution is -2.41. The van der Waals surface area contributed by atoms with E-state index in [9.17, 15) is 13.2 Å². The summed E-state index contributed by atoms with van der Waals surface area (Å²) in [6.07, 6.45) is 1.10. The van der Waals surface area contributed by atoms with Crippen LogP contribution in [0.15, 0.2) is 72.8 Å². The van der Waals surface area contributed by atoms with E-state index in [0.29, 0.717) is 12.1 Å². The van der Waals surface area contributed by atoms with E-state index in [1.165, 1.54) is 7.05 Å². The number of likely N-dealkylation sites (N-methyl/N-ethyl adjacent to an activating group) is 1. The maximum Gasteiger partial charge on any atom is 0.243 e. The van der Waals surface area contributed by atoms with Gasteiger partial charge in [-0.15, -0.1) is 0 Å². The summed E-state index contributed by atoms with van der Waals surface area (Å²) in [5.74, 6) is -0.359. The van der Waals surface area contributed by atoms with E-state index in [-0.39, 0.29) is 5.91 Å². The summed E-state index contributed by atoms with van der Waals surface area (Å²) in [6.45, 7) is 0.321. The van der Waals surface area contributed by atoms with Gasteiger partial charge in [0.25, 0.3) is 0 Å². The van der Waals surface area contributed by atoms with Crippen LogP contribution in [0.1, 0.15) is 17.2 Å². The van der Waals surface area contributed by atoms with Gasteiger partial charge in [0.1, 0.15) is 6.04 Å². The molecule has 6 heteroatoms. The summed E-state index contributed by atoms with van der Waals surface area (Å²) in [4.78, 5) is 12.9. The lowest BCUT2D eigenvalue weighted by atomic mass is 10.0. The molecule has 0 aliphatic carbocycles. The first kappa shape index (κ1) is 19.1. The zero-order valence-corrected chi connectivity index (χ0v) is 16.1. The van der Waals surface area contributed by atoms with Crippen molar-refractivity contribution in [2.24, 2.45) is 0 Å². The highest BCUT2D eigenvalue weighted by Gasteiger charge is 2.30. The summed E-state index contributed by atoms with van der Waals surface area (Å²) in [7, 11) is -2.12. The minimum Gasteiger partial charge on any atom is -0.350 e. The van der Waals surface area contributed by atoms with Gasteiger partial charge in [-0.3, -0.25) is 4.79 Å². The van der Waals surface area contributed by atoms with E-state index in [1.807, 2.05) is 48.5 Å². The van der Waals surface area contributed by atoms with Crippen LogP contribution in [0.2, 0.25) is 0 Å². The number of rotatable bonds is 6. The number of carbonyl (C=O) groups is 1. The Bertz CT molecular complexity index is 1040. The number of nitrogens with zero attached hydrogens (tertiary/aromatic N) is 1. The Hall–Kier alpha value is -2.70. The molecule has 3 aromatic carbocycles. The first-order valence-electron chi connectivity index (χ1n) is 8.60. The molecule has 0 aliphatic heterocycles. The molecule has 3 rings (SSSR count). The largest absolute Gasteiger partial charge is 0.350 e. The van der Waals surface area contributed by atoms with Crippen LogP contribution in [0.3, 0.4) is 0 Å². The van der Waals surface area contributed by atoms with Crippen LogP contribution in [0.25, 0.3) is 10.8 Å². The van der Waals surface area contributed by atoms with E-state index in [0.717, 1.165) is 26.9 Å². The van der Waals surface area contributed by atoms with E-state index in [2.05, 4.69) is 5.32 Å². The Kier molecular flexibility index (Phi) is 5.58. The van der Waals surface area contributed by atoms with Gasteiger partial charge in [0.15, 0.2) is 0 Å². The van der Waals surface area contributed by atoms with Gasteiger partial charge in [-0.25, -0.2) is 8.42 Å². The molecule has 5 nitrogen and oxygen atoms in total. The van der Waals surface area contributed by atoms with Crippen molar-refractivity contribution >= 4 is 26.7 Å². The zero-order valence-electron chi connectivity index (χ0n) is 15.3. The molecule has 1 atom stereocenters. The van der Waals surface area contributed by atoms with Crippen LogP contribution in [0.5, 0.6) is 0 Å². The van der Waals surface area contributed by atoms with E-state index < -0.39 is 16.1 Å². The summed E-state index contributed by atoms with van der Waals surface area (Å²) < 4.78 is 25.2. The van der Waals surface area contributed by atoms with Gasteiger partial charge >= 0.3 is 0 Å². The van der Waals surface area contributed by atoms with Crippen molar-refractivity contribution in [2.45, 2.75) is 12.6 Å². The number of fused-ring (bicyclic) bond motifs is 1. The van der Waals surface area contributed by atoms with Gasteiger partial charge < -0.3 is 5.32 Å². The summed E-state index contributed by atoms with van der Waals surface area (Å²) in [5.41, 5.74) is 1.61. The van der Waals surface area contributed by atoms with Crippen molar-refractivity contribution in [2.75, 3.05) is 13.3 Å². The van der Waals surface area contributed by atoms with Crippen LogP contribution < -0.4 is 5.32 Å². The second-order valence-corrected chi connectivity index (χ2v) is 8.49. The van der Waals surface area contributed by atoms with Crippen LogP contribution in [-0.4, -0.2) is 31.9 Å². The molecule has 0 spiro atoms. The Morgan fingerprint density at radius 3 is 2.30 bits per heavy atom. The van der Waals surface area contributed by atoms with E-state index >= 15 is 0 Å². The standard InChI is InChI=1S/C21H22N2O3S/c1-23(27(2,25)26)20(17-10-4-3-5-11-17)21(24)22-15-18-13-8-12-16-9-6-7-14-19(16)18/h3-14,20H,15H2,1-2H3,(H,22,24). The first-order valence-corrected chi connectivity index (χ1v) is 10.4. The number of carbonyl (C=O) groups excluding carboxylic acids is 1. The lowest BCUT2D eigenvalue weighted by molar-refractivity contribution is -0.124. The van der Waals surface area contributed by atoms with Crippen molar-refractivity contribution in [1.82, 2.24) is 9.62 Å². The molecule has 0 saturated heterocycles. The molecule has 0 heterocycles. The van der Waals surface area contributed by atoms with Crippen molar-refractivity contribution in [3.05, 3.63) is 83.9 Å². The number of hydrogen-bond donors (Lipinski definition) is 1. The Morgan fingerprint density at radius 2 is 1.59 bits per heavy atom. The molecule has 0 aliphatic rings. The summed E-state index contributed by atoms with van der Waals surface area (Å²) in [5, 5.41) is 5.06. The summed E-state index contributed by atoms with van der Waals surface area (Å²) in [6, 6.07) is 21.9. The maximum atomic E-state index is 12.9. The molecular weight excluding hydrogens is 360 g/mol. The SMILES string of the molecule is CN(C(C(=O)NCc1cccc2ccccc12)c1ccccc1)S(C)(=O)=O. The lowest BCUT2D eigenvalue weighted by Gasteiger charge is -2.25. The van der Waals surface area contributed by atoms with Crippen molar-refractivity contribution in [1.29, 1.82) is 0 Å². The molecule has 0 aromatic heterocycles. The highest BCUT2D eigenvalue weighted by atomic mass is 32.2. The van der Waals surface area contributed by atoms with Gasteiger partial charge in [-0.1, -0.05) is 72.8 Å². The fourth-order valence-electron chi connectivity index (χ4n) is 3.08. The fourth-order valence-corrected chi connectivity index (χ4v) is 3.68. The average molecular weight is 382 g/mol. The van der Waals surface area contributed by atoms with E-state index in [1.54, 1.807) is 24.3 Å². The Balaban J connectivity index is 1.86. The van der Waals surface area contributed by atoms with E-state index in [4.69, 9.17) is 0 Å². The first-order chi connectivity index (χ1) is 12.9. The molecule has 1 unspecified atom stereocenters. The minimum atomic E-state index is -3.54. The molecule has 3 aromatic rings. The maximum absolute atomic E-state index is 12.9. The molecule has 0 saturated carbocycles. The zero-order chi connectivity index (χ0) is 19.4. The normalized spacial score (nSPS) is 12.9. The third-order valence-electron chi connectivity index (χ3n) is 4.58. The van der Waals surface area contributed by atoms with Crippen LogP contribution >= 0.6 is 0 Å². The molecule has 0 bridgehead atoms. The quantitative estimate of drug-likeness (QED) is 0.712. The van der Waals surface area contributed by atoms with Crippen LogP contribution in [-0.2, 0) is 21.4 Å². The average Bonchev–Trinajstić information content (AvgIpc) is 2.66. The molecule has 0 fully saturated rings. The third-order valence-corrected chi connectivity index (χ3v) is 5.84. The Labute approximate surface area is 159 Å². The molecule has 140 valence electrons. The molecule has 27 heavy (non-hydrogen) atoms. The van der Waals surface area contributed by atoms with Crippen LogP contribution in [0.4, 0.5) is 0 Å². The second-order valence-electron chi connectivity index (χ2n) is 6.45. The summed E-state index contributed by atoms with van der Waals surface area (Å²) >= 11 is 0. The van der Waals surface area contributed by atoms with Gasteiger partial charge in [-0.05, 0) is 21.9 Å². The van der Waals surface area contributed by atoms with Gasteiger partial charge in [0, 0.05) is 13.6 Å². The number of nitrogens with one attached hydrogen (secondary N) is 1. The fraction of sp³-hybridized carbons (Fsp3) is 0.190. The molecule has 1 amide bonds. The second kappa shape index (κ2) is 7.90. The number of hydrogen-bond acceptors (Lipinski definition) is 3. The Morgan fingerprint density at radius 1 is 0.963 bits per heavy atom. The molecular formula is C21H22N2O3S. The minimum absolute atomic E-state index is 0.321. The predicted molar refractivity (Wildman–Crippen MR) is 108 cm³/mol. The topological polar surface area (TPSA) is 66.5 Å². The van der Waals surface area contributed by atoms with Crippen LogP contribution in [0, 0.1) is 0 Å². The van der Waals surface area contributed by atoms with Gasteiger partial charge in [-0.2, -0.15) is 4.31 Å². The van der Waals surface area contributed by atoms with Crippen molar-refractivity contribution in [3.8, 4) is 0 Å². The molecule has 0 radical (unpaired) electrons. The smallest absolute Gasteiger partial charge is 0.243 e. The monoisotopic (exact) mass is 382 g/mol. The number of sulfonamides is 1. The third kappa shape index (κ3) is 4.35. The number of benzene rings is 3.